The third-order valence-corrected chi connectivity index (χ3v) is 3.16. The molecule has 0 bridgehead atoms. The van der Waals surface area contributed by atoms with Crippen molar-refractivity contribution in [3.63, 3.8) is 0 Å². The van der Waals surface area contributed by atoms with Crippen molar-refractivity contribution < 1.29 is 17.4 Å². The molecule has 12 heavy (non-hydrogen) atoms. The van der Waals surface area contributed by atoms with Crippen LogP contribution in [-0.4, -0.2) is 13.0 Å². The zero-order valence-electron chi connectivity index (χ0n) is 5.66. The fraction of sp³-hybridized carbons (Fsp3) is 0. The predicted molar refractivity (Wildman–Crippen MR) is 43.9 cm³/mol. The molecule has 0 atom stereocenters. The smallest absolute Gasteiger partial charge is 0.282 e. The van der Waals surface area contributed by atoms with E-state index in [9.17, 15) is 12.8 Å². The van der Waals surface area contributed by atoms with Gasteiger partial charge in [-0.15, -0.1) is 0 Å². The highest BCUT2D eigenvalue weighted by molar-refractivity contribution is 9.10. The van der Waals surface area contributed by atoms with E-state index < -0.39 is 20.8 Å². The second kappa shape index (κ2) is 3.12. The van der Waals surface area contributed by atoms with Crippen LogP contribution in [0.3, 0.4) is 0 Å². The fourth-order valence-corrected chi connectivity index (χ4v) is 2.14. The Morgan fingerprint density at radius 1 is 1.42 bits per heavy atom. The molecular formula is C6H4BrFO3S. The van der Waals surface area contributed by atoms with Crippen LogP contribution in [0, 0.1) is 5.82 Å². The number of hydrogen-bond acceptors (Lipinski definition) is 2. The Balaban J connectivity index is 3.47. The molecule has 3 nitrogen and oxygen atoms in total. The second-order valence-corrected chi connectivity index (χ2v) is 4.21. The van der Waals surface area contributed by atoms with Crippen LogP contribution in [0.25, 0.3) is 0 Å². The Morgan fingerprint density at radius 2 is 2.00 bits per heavy atom. The summed E-state index contributed by atoms with van der Waals surface area (Å²) in [6.07, 6.45) is 0. The van der Waals surface area contributed by atoms with Crippen LogP contribution < -0.4 is 0 Å². The third-order valence-electron chi connectivity index (χ3n) is 1.19. The van der Waals surface area contributed by atoms with Gasteiger partial charge < -0.3 is 0 Å². The first-order chi connectivity index (χ1) is 5.43. The lowest BCUT2D eigenvalue weighted by molar-refractivity contribution is 0.481. The molecule has 0 heterocycles. The molecule has 0 saturated carbocycles. The molecule has 1 aromatic rings. The summed E-state index contributed by atoms with van der Waals surface area (Å²) in [5, 5.41) is 0. The first kappa shape index (κ1) is 9.63. The summed E-state index contributed by atoms with van der Waals surface area (Å²) in [4.78, 5) is -0.470. The Hall–Kier alpha value is -0.460. The monoisotopic (exact) mass is 254 g/mol. The van der Waals surface area contributed by atoms with E-state index in [-0.39, 0.29) is 4.47 Å². The molecular weight excluding hydrogens is 251 g/mol. The van der Waals surface area contributed by atoms with Gasteiger partial charge in [-0.1, -0.05) is 6.07 Å². The van der Waals surface area contributed by atoms with E-state index in [0.717, 1.165) is 12.1 Å². The molecule has 0 aliphatic heterocycles. The zero-order chi connectivity index (χ0) is 9.35. The molecule has 0 fully saturated rings. The van der Waals surface area contributed by atoms with E-state index >= 15 is 0 Å². The molecule has 0 aliphatic rings. The first-order valence-electron chi connectivity index (χ1n) is 2.84. The summed E-state index contributed by atoms with van der Waals surface area (Å²) in [6, 6.07) is 3.38. The number of hydrogen-bond donors (Lipinski definition) is 1. The fourth-order valence-electron chi connectivity index (χ4n) is 0.683. The van der Waals surface area contributed by atoms with Gasteiger partial charge in [0.05, 0.1) is 4.47 Å². The van der Waals surface area contributed by atoms with Gasteiger partial charge in [-0.25, -0.2) is 4.39 Å². The summed E-state index contributed by atoms with van der Waals surface area (Å²) in [5.41, 5.74) is 0. The molecule has 0 amide bonds. The molecule has 66 valence electrons. The zero-order valence-corrected chi connectivity index (χ0v) is 8.06. The Bertz CT molecular complexity index is 401. The molecule has 0 saturated heterocycles. The van der Waals surface area contributed by atoms with E-state index in [1.165, 1.54) is 6.07 Å². The quantitative estimate of drug-likeness (QED) is 0.779. The van der Waals surface area contributed by atoms with Crippen molar-refractivity contribution in [2.45, 2.75) is 4.90 Å². The van der Waals surface area contributed by atoms with Crippen LogP contribution in [0.5, 0.6) is 0 Å². The summed E-state index contributed by atoms with van der Waals surface area (Å²) >= 11 is 2.70. The van der Waals surface area contributed by atoms with Crippen LogP contribution in [-0.2, 0) is 10.1 Å². The standard InChI is InChI=1S/C6H4BrFO3S/c7-6-4(8)2-1-3-5(6)12(9,10)11/h1-3H,(H,9,10,11). The van der Waals surface area contributed by atoms with Crippen LogP contribution in [0.1, 0.15) is 0 Å². The van der Waals surface area contributed by atoms with Crippen molar-refractivity contribution in [1.29, 1.82) is 0 Å². The SMILES string of the molecule is O=S(=O)(O)c1cccc(F)c1Br. The molecule has 0 aliphatic carbocycles. The second-order valence-electron chi connectivity index (χ2n) is 2.03. The molecule has 1 rings (SSSR count). The Kier molecular flexibility index (Phi) is 2.50. The van der Waals surface area contributed by atoms with Gasteiger partial charge in [-0.05, 0) is 28.1 Å². The lowest BCUT2D eigenvalue weighted by Gasteiger charge is -1.99. The normalized spacial score (nSPS) is 11.6. The van der Waals surface area contributed by atoms with Gasteiger partial charge >= 0.3 is 0 Å². The molecule has 6 heteroatoms. The molecule has 1 N–H and O–H groups in total. The summed E-state index contributed by atoms with van der Waals surface area (Å²) in [7, 11) is -4.34. The van der Waals surface area contributed by atoms with Crippen LogP contribution in [0.4, 0.5) is 4.39 Å². The maximum Gasteiger partial charge on any atom is 0.295 e. The summed E-state index contributed by atoms with van der Waals surface area (Å²) in [6.45, 7) is 0. The minimum absolute atomic E-state index is 0.257. The number of rotatable bonds is 1. The van der Waals surface area contributed by atoms with Crippen molar-refractivity contribution >= 4 is 26.0 Å². The topological polar surface area (TPSA) is 54.4 Å². The average Bonchev–Trinajstić information content (AvgIpc) is 1.92. The molecule has 0 unspecified atom stereocenters. The summed E-state index contributed by atoms with van der Waals surface area (Å²) in [5.74, 6) is -0.731. The Labute approximate surface area is 77.1 Å². The van der Waals surface area contributed by atoms with Gasteiger partial charge in [0.25, 0.3) is 10.1 Å². The maximum absolute atomic E-state index is 12.7. The van der Waals surface area contributed by atoms with Crippen LogP contribution in [0.15, 0.2) is 27.6 Å². The highest BCUT2D eigenvalue weighted by Crippen LogP contribution is 2.23. The first-order valence-corrected chi connectivity index (χ1v) is 5.08. The van der Waals surface area contributed by atoms with Gasteiger partial charge in [0.2, 0.25) is 0 Å². The number of benzene rings is 1. The lowest BCUT2D eigenvalue weighted by Crippen LogP contribution is -1.99. The maximum atomic E-state index is 12.7. The summed E-state index contributed by atoms with van der Waals surface area (Å²) < 4.78 is 42.1. The number of halogens is 2. The average molecular weight is 255 g/mol. The highest BCUT2D eigenvalue weighted by atomic mass is 79.9. The molecule has 0 radical (unpaired) electrons. The molecule has 1 aromatic carbocycles. The Morgan fingerprint density at radius 3 is 2.42 bits per heavy atom. The van der Waals surface area contributed by atoms with Crippen molar-refractivity contribution in [3.8, 4) is 0 Å². The van der Waals surface area contributed by atoms with Gasteiger partial charge in [-0.3, -0.25) is 4.55 Å². The lowest BCUT2D eigenvalue weighted by atomic mass is 10.3. The van der Waals surface area contributed by atoms with E-state index in [1.54, 1.807) is 0 Å². The van der Waals surface area contributed by atoms with Gasteiger partial charge in [-0.2, -0.15) is 8.42 Å². The minimum atomic E-state index is -4.34. The van der Waals surface area contributed by atoms with E-state index in [2.05, 4.69) is 15.9 Å². The van der Waals surface area contributed by atoms with Crippen LogP contribution >= 0.6 is 15.9 Å². The highest BCUT2D eigenvalue weighted by Gasteiger charge is 2.15. The minimum Gasteiger partial charge on any atom is -0.282 e. The van der Waals surface area contributed by atoms with E-state index in [4.69, 9.17) is 4.55 Å². The largest absolute Gasteiger partial charge is 0.295 e. The van der Waals surface area contributed by atoms with Gasteiger partial charge in [0.1, 0.15) is 10.7 Å². The van der Waals surface area contributed by atoms with Crippen molar-refractivity contribution in [2.75, 3.05) is 0 Å². The predicted octanol–water partition coefficient (Wildman–Crippen LogP) is 1.83. The van der Waals surface area contributed by atoms with E-state index in [0.29, 0.717) is 0 Å². The third kappa shape index (κ3) is 1.82. The van der Waals surface area contributed by atoms with Crippen LogP contribution in [0.2, 0.25) is 0 Å². The van der Waals surface area contributed by atoms with Crippen molar-refractivity contribution in [1.82, 2.24) is 0 Å². The van der Waals surface area contributed by atoms with Gasteiger partial charge in [0.15, 0.2) is 0 Å². The van der Waals surface area contributed by atoms with E-state index in [1.807, 2.05) is 0 Å². The molecule has 0 aromatic heterocycles. The van der Waals surface area contributed by atoms with Gasteiger partial charge in [0, 0.05) is 0 Å². The van der Waals surface area contributed by atoms with Crippen molar-refractivity contribution in [3.05, 3.63) is 28.5 Å². The van der Waals surface area contributed by atoms with Crippen molar-refractivity contribution in [2.24, 2.45) is 0 Å². The molecule has 0 spiro atoms.